The van der Waals surface area contributed by atoms with Crippen molar-refractivity contribution in [1.29, 1.82) is 0 Å². The van der Waals surface area contributed by atoms with E-state index >= 15 is 0 Å². The van der Waals surface area contributed by atoms with Gasteiger partial charge in [-0.3, -0.25) is 9.20 Å². The van der Waals surface area contributed by atoms with Crippen molar-refractivity contribution in [2.45, 2.75) is 38.2 Å². The number of hydrogen-bond donors (Lipinski definition) is 1. The summed E-state index contributed by atoms with van der Waals surface area (Å²) in [6.45, 7) is 4.69. The molecule has 2 aromatic heterocycles. The maximum absolute atomic E-state index is 12.9. The summed E-state index contributed by atoms with van der Waals surface area (Å²) in [6.07, 6.45) is 3.73. The molecule has 1 saturated heterocycles. The summed E-state index contributed by atoms with van der Waals surface area (Å²) in [5, 5.41) is 18.3. The maximum Gasteiger partial charge on any atom is 0.253 e. The molecule has 0 spiro atoms. The van der Waals surface area contributed by atoms with Crippen LogP contribution in [-0.4, -0.2) is 49.2 Å². The topological polar surface area (TPSA) is 70.7 Å². The molecule has 0 radical (unpaired) electrons. The Labute approximate surface area is 170 Å². The van der Waals surface area contributed by atoms with Crippen molar-refractivity contribution < 1.29 is 9.90 Å². The summed E-state index contributed by atoms with van der Waals surface area (Å²) in [6, 6.07) is 13.1. The molecule has 3 aromatic rings. The van der Waals surface area contributed by atoms with Gasteiger partial charge >= 0.3 is 0 Å². The molecule has 6 heteroatoms. The quantitative estimate of drug-likeness (QED) is 0.686. The van der Waals surface area contributed by atoms with E-state index in [9.17, 15) is 9.90 Å². The highest BCUT2D eigenvalue weighted by molar-refractivity contribution is 5.94. The first kappa shape index (κ1) is 19.2. The number of rotatable bonds is 2. The van der Waals surface area contributed by atoms with E-state index in [0.717, 1.165) is 29.9 Å². The largest absolute Gasteiger partial charge is 0.378 e. The molecule has 1 amide bonds. The van der Waals surface area contributed by atoms with Gasteiger partial charge < -0.3 is 10.0 Å². The highest BCUT2D eigenvalue weighted by Crippen LogP contribution is 2.27. The molecular weight excluding hydrogens is 364 g/mol. The molecule has 0 aliphatic carbocycles. The maximum atomic E-state index is 12.9. The molecular formula is C23H24N4O2. The van der Waals surface area contributed by atoms with Gasteiger partial charge in [0.15, 0.2) is 5.65 Å². The number of aromatic nitrogens is 3. The van der Waals surface area contributed by atoms with Gasteiger partial charge in [-0.1, -0.05) is 17.9 Å². The van der Waals surface area contributed by atoms with Crippen LogP contribution in [0.2, 0.25) is 0 Å². The third-order valence-electron chi connectivity index (χ3n) is 5.13. The van der Waals surface area contributed by atoms with Crippen LogP contribution in [0.4, 0.5) is 0 Å². The van der Waals surface area contributed by atoms with Gasteiger partial charge in [0.25, 0.3) is 5.91 Å². The standard InChI is InChI=1S/C23H24N4O2/c1-23(2,29)13-10-17-6-8-19(9-7-17)22(28)26-15-11-18(12-16-26)21-25-24-20-5-3-4-14-27(20)21/h3-9,14,18,29H,11-12,15-16H2,1-2H3. The fourth-order valence-corrected chi connectivity index (χ4v) is 3.58. The normalized spacial score (nSPS) is 15.2. The molecule has 4 rings (SSSR count). The Hall–Kier alpha value is -3.17. The van der Waals surface area contributed by atoms with Crippen LogP contribution < -0.4 is 0 Å². The van der Waals surface area contributed by atoms with Crippen molar-refractivity contribution in [1.82, 2.24) is 19.5 Å². The van der Waals surface area contributed by atoms with Crippen LogP contribution in [0.5, 0.6) is 0 Å². The van der Waals surface area contributed by atoms with Crippen LogP contribution >= 0.6 is 0 Å². The number of piperidine rings is 1. The van der Waals surface area contributed by atoms with Crippen molar-refractivity contribution in [2.24, 2.45) is 0 Å². The van der Waals surface area contributed by atoms with E-state index in [4.69, 9.17) is 0 Å². The molecule has 1 aromatic carbocycles. The van der Waals surface area contributed by atoms with Crippen LogP contribution in [0.15, 0.2) is 48.7 Å². The number of carbonyl (C=O) groups is 1. The average Bonchev–Trinajstić information content (AvgIpc) is 3.16. The third kappa shape index (κ3) is 4.30. The van der Waals surface area contributed by atoms with E-state index in [1.165, 1.54) is 0 Å². The van der Waals surface area contributed by atoms with Gasteiger partial charge in [0.1, 0.15) is 11.4 Å². The number of hydrogen-bond acceptors (Lipinski definition) is 4. The number of amides is 1. The molecule has 0 unspecified atom stereocenters. The molecule has 0 atom stereocenters. The second-order valence-corrected chi connectivity index (χ2v) is 7.94. The highest BCUT2D eigenvalue weighted by atomic mass is 16.3. The summed E-state index contributed by atoms with van der Waals surface area (Å²) in [5.41, 5.74) is 1.26. The molecule has 29 heavy (non-hydrogen) atoms. The van der Waals surface area contributed by atoms with Crippen LogP contribution in [0, 0.1) is 11.8 Å². The molecule has 0 saturated carbocycles. The van der Waals surface area contributed by atoms with Gasteiger partial charge in [0.2, 0.25) is 0 Å². The highest BCUT2D eigenvalue weighted by Gasteiger charge is 2.27. The summed E-state index contributed by atoms with van der Waals surface area (Å²) >= 11 is 0. The van der Waals surface area contributed by atoms with Crippen LogP contribution in [0.1, 0.15) is 54.4 Å². The van der Waals surface area contributed by atoms with Gasteiger partial charge in [-0.2, -0.15) is 0 Å². The minimum Gasteiger partial charge on any atom is -0.378 e. The Kier molecular flexibility index (Phi) is 5.08. The zero-order valence-corrected chi connectivity index (χ0v) is 16.7. The monoisotopic (exact) mass is 388 g/mol. The van der Waals surface area contributed by atoms with Gasteiger partial charge in [-0.25, -0.2) is 0 Å². The summed E-state index contributed by atoms with van der Waals surface area (Å²) in [7, 11) is 0. The molecule has 1 N–H and O–H groups in total. The number of aliphatic hydroxyl groups is 1. The molecule has 3 heterocycles. The van der Waals surface area contributed by atoms with Gasteiger partial charge in [-0.05, 0) is 63.1 Å². The first-order valence-electron chi connectivity index (χ1n) is 9.85. The van der Waals surface area contributed by atoms with Crippen LogP contribution in [0.3, 0.4) is 0 Å². The summed E-state index contributed by atoms with van der Waals surface area (Å²) < 4.78 is 2.04. The van der Waals surface area contributed by atoms with Crippen molar-refractivity contribution in [3.63, 3.8) is 0 Å². The van der Waals surface area contributed by atoms with E-state index in [0.29, 0.717) is 24.6 Å². The summed E-state index contributed by atoms with van der Waals surface area (Å²) in [4.78, 5) is 14.8. The zero-order chi connectivity index (χ0) is 20.4. The number of benzene rings is 1. The Bertz CT molecular complexity index is 1080. The lowest BCUT2D eigenvalue weighted by molar-refractivity contribution is 0.0711. The van der Waals surface area contributed by atoms with E-state index in [2.05, 4.69) is 22.0 Å². The number of likely N-dealkylation sites (tertiary alicyclic amines) is 1. The first-order valence-corrected chi connectivity index (χ1v) is 9.85. The minimum absolute atomic E-state index is 0.0385. The zero-order valence-electron chi connectivity index (χ0n) is 16.7. The van der Waals surface area contributed by atoms with Crippen LogP contribution in [0.25, 0.3) is 5.65 Å². The van der Waals surface area contributed by atoms with Crippen molar-refractivity contribution >= 4 is 11.6 Å². The van der Waals surface area contributed by atoms with E-state index in [1.807, 2.05) is 45.8 Å². The molecule has 148 valence electrons. The SMILES string of the molecule is CC(C)(O)C#Cc1ccc(C(=O)N2CCC(c3nnc4ccccn34)CC2)cc1. The second-order valence-electron chi connectivity index (χ2n) is 7.94. The number of nitrogens with zero attached hydrogens (tertiary/aromatic N) is 4. The Balaban J connectivity index is 1.40. The molecule has 1 aliphatic heterocycles. The van der Waals surface area contributed by atoms with Crippen molar-refractivity contribution in [3.8, 4) is 11.8 Å². The molecule has 1 fully saturated rings. The minimum atomic E-state index is -1.03. The van der Waals surface area contributed by atoms with Gasteiger partial charge in [-0.15, -0.1) is 10.2 Å². The Morgan fingerprint density at radius 3 is 2.52 bits per heavy atom. The Morgan fingerprint density at radius 2 is 1.83 bits per heavy atom. The lowest BCUT2D eigenvalue weighted by Crippen LogP contribution is -2.38. The third-order valence-corrected chi connectivity index (χ3v) is 5.13. The lowest BCUT2D eigenvalue weighted by Gasteiger charge is -2.31. The molecule has 0 bridgehead atoms. The first-order chi connectivity index (χ1) is 13.9. The average molecular weight is 388 g/mol. The number of pyridine rings is 1. The van der Waals surface area contributed by atoms with Crippen molar-refractivity contribution in [2.75, 3.05) is 13.1 Å². The fraction of sp³-hybridized carbons (Fsp3) is 0.348. The van der Waals surface area contributed by atoms with Crippen molar-refractivity contribution in [3.05, 3.63) is 65.6 Å². The predicted octanol–water partition coefficient (Wildman–Crippen LogP) is 2.87. The van der Waals surface area contributed by atoms with Crippen LogP contribution in [-0.2, 0) is 0 Å². The number of carbonyl (C=O) groups excluding carboxylic acids is 1. The van der Waals surface area contributed by atoms with E-state index in [-0.39, 0.29) is 5.91 Å². The van der Waals surface area contributed by atoms with Gasteiger partial charge in [0.05, 0.1) is 0 Å². The van der Waals surface area contributed by atoms with E-state index in [1.54, 1.807) is 26.0 Å². The van der Waals surface area contributed by atoms with Gasteiger partial charge in [0, 0.05) is 36.3 Å². The molecule has 1 aliphatic rings. The molecule has 6 nitrogen and oxygen atoms in total. The number of fused-ring (bicyclic) bond motifs is 1. The second kappa shape index (κ2) is 7.69. The smallest absolute Gasteiger partial charge is 0.253 e. The van der Waals surface area contributed by atoms with E-state index < -0.39 is 5.60 Å². The lowest BCUT2D eigenvalue weighted by atomic mass is 9.95. The predicted molar refractivity (Wildman–Crippen MR) is 110 cm³/mol. The fourth-order valence-electron chi connectivity index (χ4n) is 3.58. The Morgan fingerprint density at radius 1 is 1.10 bits per heavy atom. The summed E-state index contributed by atoms with van der Waals surface area (Å²) in [5.74, 6) is 7.02.